The molecule has 0 aliphatic carbocycles. The van der Waals surface area contributed by atoms with Gasteiger partial charge in [-0.2, -0.15) is 74.6 Å². The number of Topliss-reactive ketones (excluding diaryl/α,β-unsaturated/α-hetero) is 1. The van der Waals surface area contributed by atoms with E-state index in [1.807, 2.05) is 0 Å². The van der Waals surface area contributed by atoms with Gasteiger partial charge in [0.05, 0.1) is 0 Å². The number of ether oxygens (including phenoxy) is 1. The van der Waals surface area contributed by atoms with Gasteiger partial charge < -0.3 is 4.74 Å². The third kappa shape index (κ3) is 4.08. The largest absolute Gasteiger partial charge is 0.460 e. The molecular formula is C13H5F17O3. The average molecular weight is 532 g/mol. The number of ketones is 1. The molecule has 0 radical (unpaired) electrons. The zero-order valence-electron chi connectivity index (χ0n) is 14.6. The number of rotatable bonds is 10. The number of alkyl halides is 17. The van der Waals surface area contributed by atoms with E-state index in [1.54, 1.807) is 0 Å². The van der Waals surface area contributed by atoms with Crippen LogP contribution >= 0.6 is 0 Å². The van der Waals surface area contributed by atoms with Crippen molar-refractivity contribution >= 4 is 11.8 Å². The van der Waals surface area contributed by atoms with Crippen LogP contribution in [-0.4, -0.2) is 66.0 Å². The first-order valence-corrected chi connectivity index (χ1v) is 7.18. The Labute approximate surface area is 169 Å². The minimum atomic E-state index is -8.84. The molecule has 0 fully saturated rings. The Morgan fingerprint density at radius 3 is 1.18 bits per heavy atom. The summed E-state index contributed by atoms with van der Waals surface area (Å²) in [5.41, 5.74) is 0. The molecule has 0 unspecified atom stereocenters. The van der Waals surface area contributed by atoms with Crippen molar-refractivity contribution in [3.63, 3.8) is 0 Å². The van der Waals surface area contributed by atoms with E-state index in [0.29, 0.717) is 6.08 Å². The zero-order valence-corrected chi connectivity index (χ0v) is 14.6. The van der Waals surface area contributed by atoms with Crippen LogP contribution in [0.5, 0.6) is 0 Å². The maximum Gasteiger partial charge on any atom is 0.460 e. The number of carbonyl (C=O) groups excluding carboxylic acids is 2. The highest BCUT2D eigenvalue weighted by molar-refractivity contribution is 6.36. The molecule has 3 nitrogen and oxygen atoms in total. The van der Waals surface area contributed by atoms with Gasteiger partial charge in [-0.25, -0.2) is 4.79 Å². The first-order valence-electron chi connectivity index (χ1n) is 7.18. The minimum absolute atomic E-state index is 0.438. The second kappa shape index (κ2) is 8.17. The highest BCUT2D eigenvalue weighted by Gasteiger charge is 2.95. The van der Waals surface area contributed by atoms with Crippen LogP contribution in [0.1, 0.15) is 0 Å². The van der Waals surface area contributed by atoms with Gasteiger partial charge in [0, 0.05) is 0 Å². The van der Waals surface area contributed by atoms with Gasteiger partial charge in [0.25, 0.3) is 0 Å². The SMILES string of the molecule is C=CCOC(=O)C(=O)C(F)(F)C(F)(F)C(F)(F)C(F)(F)C(F)(F)C(F)(F)C(F)(F)C(F)(F)F. The minimum Gasteiger partial charge on any atom is -0.456 e. The molecule has 0 saturated heterocycles. The highest BCUT2D eigenvalue weighted by atomic mass is 19.4. The summed E-state index contributed by atoms with van der Waals surface area (Å²) in [6.07, 6.45) is -7.43. The molecule has 0 aromatic carbocycles. The third-order valence-electron chi connectivity index (χ3n) is 3.52. The normalized spacial score (nSPS) is 15.3. The quantitative estimate of drug-likeness (QED) is 0.166. The number of hydrogen-bond acceptors (Lipinski definition) is 3. The molecule has 0 N–H and O–H groups in total. The Morgan fingerprint density at radius 2 is 0.879 bits per heavy atom. The van der Waals surface area contributed by atoms with E-state index in [-0.39, 0.29) is 0 Å². The Balaban J connectivity index is 6.73. The Kier molecular flexibility index (Phi) is 7.60. The second-order valence-electron chi connectivity index (χ2n) is 5.73. The van der Waals surface area contributed by atoms with Gasteiger partial charge in [-0.05, 0) is 0 Å². The van der Waals surface area contributed by atoms with Gasteiger partial charge in [-0.15, -0.1) is 0 Å². The molecule has 0 bridgehead atoms. The Morgan fingerprint density at radius 1 is 0.576 bits per heavy atom. The third-order valence-corrected chi connectivity index (χ3v) is 3.52. The summed E-state index contributed by atoms with van der Waals surface area (Å²) in [7, 11) is 0. The molecule has 0 aromatic rings. The highest BCUT2D eigenvalue weighted by Crippen LogP contribution is 2.63. The predicted molar refractivity (Wildman–Crippen MR) is 66.8 cm³/mol. The molecule has 0 heterocycles. The van der Waals surface area contributed by atoms with Crippen LogP contribution in [0.3, 0.4) is 0 Å². The predicted octanol–water partition coefficient (Wildman–Crippen LogP) is 5.29. The summed E-state index contributed by atoms with van der Waals surface area (Å²) in [6.45, 7) is 1.44. The molecule has 0 aromatic heterocycles. The second-order valence-corrected chi connectivity index (χ2v) is 5.73. The number of esters is 1. The Hall–Kier alpha value is -2.31. The summed E-state index contributed by atoms with van der Waals surface area (Å²) in [6, 6.07) is 0. The summed E-state index contributed by atoms with van der Waals surface area (Å²) in [4.78, 5) is 21.7. The first-order chi connectivity index (χ1) is 14.1. The lowest BCUT2D eigenvalue weighted by Gasteiger charge is -2.42. The lowest BCUT2D eigenvalue weighted by atomic mass is 9.88. The van der Waals surface area contributed by atoms with Crippen molar-refractivity contribution in [3.05, 3.63) is 12.7 Å². The molecule has 194 valence electrons. The maximum absolute atomic E-state index is 13.4. The van der Waals surface area contributed by atoms with Crippen molar-refractivity contribution in [2.75, 3.05) is 6.61 Å². The zero-order chi connectivity index (χ0) is 27.3. The van der Waals surface area contributed by atoms with Crippen LogP contribution in [0.15, 0.2) is 12.7 Å². The molecule has 0 rings (SSSR count). The molecule has 0 aliphatic heterocycles. The molecule has 0 spiro atoms. The van der Waals surface area contributed by atoms with Crippen molar-refractivity contribution in [2.24, 2.45) is 0 Å². The van der Waals surface area contributed by atoms with Crippen LogP contribution in [0, 0.1) is 0 Å². The maximum atomic E-state index is 13.4. The fourth-order valence-corrected chi connectivity index (χ4v) is 1.63. The van der Waals surface area contributed by atoms with Gasteiger partial charge in [-0.3, -0.25) is 4.79 Å². The van der Waals surface area contributed by atoms with Crippen molar-refractivity contribution < 1.29 is 89.0 Å². The van der Waals surface area contributed by atoms with Crippen LogP contribution in [0.25, 0.3) is 0 Å². The van der Waals surface area contributed by atoms with Crippen LogP contribution in [0.4, 0.5) is 74.6 Å². The fourth-order valence-electron chi connectivity index (χ4n) is 1.63. The van der Waals surface area contributed by atoms with Gasteiger partial charge in [-0.1, -0.05) is 12.7 Å². The molecule has 0 atom stereocenters. The summed E-state index contributed by atoms with van der Waals surface area (Å²) >= 11 is 0. The molecule has 0 amide bonds. The number of hydrogen-bond donors (Lipinski definition) is 0. The molecule has 33 heavy (non-hydrogen) atoms. The van der Waals surface area contributed by atoms with Crippen LogP contribution < -0.4 is 0 Å². The standard InChI is InChI=1S/C13H5F17O3/c1-2-3-33-5(32)4(31)6(14,15)7(16,17)8(18,19)9(20,21)10(22,23)11(24,25)12(26,27)13(28,29)30/h2H,1,3H2. The van der Waals surface area contributed by atoms with Crippen molar-refractivity contribution in [2.45, 2.75) is 47.6 Å². The summed E-state index contributed by atoms with van der Waals surface area (Å²) in [5.74, 6) is -66.4. The van der Waals surface area contributed by atoms with Crippen molar-refractivity contribution in [1.29, 1.82) is 0 Å². The van der Waals surface area contributed by atoms with E-state index in [0.717, 1.165) is 0 Å². The first kappa shape index (κ1) is 30.7. The van der Waals surface area contributed by atoms with Crippen molar-refractivity contribution in [1.82, 2.24) is 0 Å². The van der Waals surface area contributed by atoms with Gasteiger partial charge in [0.15, 0.2) is 0 Å². The lowest BCUT2D eigenvalue weighted by Crippen LogP contribution is -2.75. The summed E-state index contributed by atoms with van der Waals surface area (Å²) < 4.78 is 224. The van der Waals surface area contributed by atoms with E-state index in [2.05, 4.69) is 11.3 Å². The average Bonchev–Trinajstić information content (AvgIpc) is 2.63. The topological polar surface area (TPSA) is 43.4 Å². The van der Waals surface area contributed by atoms with Crippen molar-refractivity contribution in [3.8, 4) is 0 Å². The molecular weight excluding hydrogens is 527 g/mol. The van der Waals surface area contributed by atoms with Gasteiger partial charge in [0.2, 0.25) is 0 Å². The monoisotopic (exact) mass is 532 g/mol. The van der Waals surface area contributed by atoms with Gasteiger partial charge >= 0.3 is 59.4 Å². The summed E-state index contributed by atoms with van der Waals surface area (Å²) in [5, 5.41) is 0. The van der Waals surface area contributed by atoms with E-state index in [1.165, 1.54) is 0 Å². The fraction of sp³-hybridized carbons (Fsp3) is 0.692. The molecule has 20 heteroatoms. The number of carbonyl (C=O) groups is 2. The Bertz CT molecular complexity index is 780. The van der Waals surface area contributed by atoms with E-state index >= 15 is 0 Å². The number of halogens is 17. The smallest absolute Gasteiger partial charge is 0.456 e. The van der Waals surface area contributed by atoms with Crippen LogP contribution in [-0.2, 0) is 14.3 Å². The molecule has 0 aliphatic rings. The van der Waals surface area contributed by atoms with E-state index in [4.69, 9.17) is 0 Å². The lowest BCUT2D eigenvalue weighted by molar-refractivity contribution is -0.459. The van der Waals surface area contributed by atoms with E-state index in [9.17, 15) is 84.2 Å². The molecule has 0 saturated carbocycles. The van der Waals surface area contributed by atoms with E-state index < -0.39 is 66.0 Å². The van der Waals surface area contributed by atoms with Gasteiger partial charge in [0.1, 0.15) is 6.61 Å². The van der Waals surface area contributed by atoms with Crippen LogP contribution in [0.2, 0.25) is 0 Å².